The molecule has 0 saturated carbocycles. The molecule has 0 atom stereocenters. The molecule has 4 nitrogen and oxygen atoms in total. The number of carbonyl (C=O) groups is 1. The topological polar surface area (TPSA) is 55.0 Å². The maximum Gasteiger partial charge on any atom is 0.152 e. The highest BCUT2D eigenvalue weighted by Gasteiger charge is 2.10. The lowest BCUT2D eigenvalue weighted by atomic mass is 10.1. The van der Waals surface area contributed by atoms with Gasteiger partial charge in [0.25, 0.3) is 0 Å². The van der Waals surface area contributed by atoms with Crippen molar-refractivity contribution in [1.29, 1.82) is 0 Å². The summed E-state index contributed by atoms with van der Waals surface area (Å²) in [5.74, 6) is 0.828. The minimum absolute atomic E-state index is 0.618. The van der Waals surface area contributed by atoms with Gasteiger partial charge < -0.3 is 9.72 Å². The second-order valence-corrected chi connectivity index (χ2v) is 4.64. The molecule has 1 aromatic carbocycles. The average Bonchev–Trinajstić information content (AvgIpc) is 2.90. The van der Waals surface area contributed by atoms with Gasteiger partial charge in [0, 0.05) is 23.0 Å². The molecular weight excluding hydrogens is 252 g/mol. The second-order valence-electron chi connectivity index (χ2n) is 4.64. The Morgan fingerprint density at radius 1 is 1.25 bits per heavy atom. The molecule has 0 bridgehead atoms. The van der Waals surface area contributed by atoms with Crippen molar-refractivity contribution in [1.82, 2.24) is 9.97 Å². The smallest absolute Gasteiger partial charge is 0.152 e. The van der Waals surface area contributed by atoms with Crippen LogP contribution in [0.4, 0.5) is 0 Å². The molecule has 20 heavy (non-hydrogen) atoms. The highest BCUT2D eigenvalue weighted by atomic mass is 16.5. The van der Waals surface area contributed by atoms with E-state index in [1.807, 2.05) is 31.2 Å². The molecule has 0 unspecified atom stereocenters. The number of hydrogen-bond donors (Lipinski definition) is 1. The van der Waals surface area contributed by atoms with E-state index in [1.54, 1.807) is 19.4 Å². The molecular formula is C16H14N2O2. The monoisotopic (exact) mass is 266 g/mol. The normalized spacial score (nSPS) is 10.7. The summed E-state index contributed by atoms with van der Waals surface area (Å²) in [6.45, 7) is 2.03. The summed E-state index contributed by atoms with van der Waals surface area (Å²) in [6, 6.07) is 9.56. The number of aromatic nitrogens is 2. The lowest BCUT2D eigenvalue weighted by molar-refractivity contribution is 0.112. The third-order valence-electron chi connectivity index (χ3n) is 3.40. The quantitative estimate of drug-likeness (QED) is 0.739. The molecule has 0 saturated heterocycles. The van der Waals surface area contributed by atoms with Crippen LogP contribution in [0.1, 0.15) is 15.9 Å². The number of nitrogens with one attached hydrogen (secondary N) is 1. The fourth-order valence-electron chi connectivity index (χ4n) is 2.36. The number of fused-ring (bicyclic) bond motifs is 1. The molecule has 2 aromatic heterocycles. The van der Waals surface area contributed by atoms with E-state index in [9.17, 15) is 4.79 Å². The first kappa shape index (κ1) is 12.4. The van der Waals surface area contributed by atoms with Gasteiger partial charge in [-0.3, -0.25) is 9.78 Å². The maximum absolute atomic E-state index is 11.1. The van der Waals surface area contributed by atoms with Crippen LogP contribution in [0.15, 0.2) is 36.5 Å². The zero-order valence-corrected chi connectivity index (χ0v) is 11.3. The lowest BCUT2D eigenvalue weighted by Crippen LogP contribution is -1.87. The van der Waals surface area contributed by atoms with E-state index in [0.29, 0.717) is 5.56 Å². The summed E-state index contributed by atoms with van der Waals surface area (Å²) >= 11 is 0. The third-order valence-corrected chi connectivity index (χ3v) is 3.40. The molecule has 0 fully saturated rings. The van der Waals surface area contributed by atoms with Crippen molar-refractivity contribution in [3.63, 3.8) is 0 Å². The van der Waals surface area contributed by atoms with Crippen molar-refractivity contribution >= 4 is 17.3 Å². The standard InChI is InChI=1S/C16H14N2O2/c1-10-7-12(20-2)3-4-13(10)14-8-15-16(18-14)11(9-19)5-6-17-15/h3-9,18H,1-2H3. The van der Waals surface area contributed by atoms with Crippen molar-refractivity contribution in [3.05, 3.63) is 47.7 Å². The number of methoxy groups -OCH3 is 1. The van der Waals surface area contributed by atoms with Crippen LogP contribution in [-0.4, -0.2) is 23.4 Å². The number of ether oxygens (including phenoxy) is 1. The fraction of sp³-hybridized carbons (Fsp3) is 0.125. The van der Waals surface area contributed by atoms with E-state index in [-0.39, 0.29) is 0 Å². The fourth-order valence-corrected chi connectivity index (χ4v) is 2.36. The van der Waals surface area contributed by atoms with Gasteiger partial charge in [0.1, 0.15) is 5.75 Å². The number of hydrogen-bond acceptors (Lipinski definition) is 3. The van der Waals surface area contributed by atoms with Gasteiger partial charge in [-0.2, -0.15) is 0 Å². The van der Waals surface area contributed by atoms with E-state index in [1.165, 1.54) is 0 Å². The van der Waals surface area contributed by atoms with Gasteiger partial charge in [-0.25, -0.2) is 0 Å². The Kier molecular flexibility index (Phi) is 2.99. The minimum Gasteiger partial charge on any atom is -0.497 e. The van der Waals surface area contributed by atoms with Crippen LogP contribution in [0, 0.1) is 6.92 Å². The first-order chi connectivity index (χ1) is 9.72. The number of H-pyrrole nitrogens is 1. The van der Waals surface area contributed by atoms with Crippen LogP contribution < -0.4 is 4.74 Å². The van der Waals surface area contributed by atoms with Crippen molar-refractivity contribution in [2.45, 2.75) is 6.92 Å². The molecule has 0 amide bonds. The zero-order chi connectivity index (χ0) is 14.1. The van der Waals surface area contributed by atoms with Gasteiger partial charge in [-0.05, 0) is 42.8 Å². The second kappa shape index (κ2) is 4.81. The number of aldehydes is 1. The average molecular weight is 266 g/mol. The molecule has 3 rings (SSSR count). The minimum atomic E-state index is 0.618. The van der Waals surface area contributed by atoms with Gasteiger partial charge in [-0.15, -0.1) is 0 Å². The molecule has 2 heterocycles. The Morgan fingerprint density at radius 2 is 2.10 bits per heavy atom. The lowest BCUT2D eigenvalue weighted by Gasteiger charge is -2.06. The summed E-state index contributed by atoms with van der Waals surface area (Å²) in [6.07, 6.45) is 2.48. The van der Waals surface area contributed by atoms with Crippen molar-refractivity contribution < 1.29 is 9.53 Å². The van der Waals surface area contributed by atoms with Crippen LogP contribution in [0.5, 0.6) is 5.75 Å². The number of nitrogens with zero attached hydrogens (tertiary/aromatic N) is 1. The number of aromatic amines is 1. The number of pyridine rings is 1. The van der Waals surface area contributed by atoms with E-state index >= 15 is 0 Å². The molecule has 0 aliphatic carbocycles. The van der Waals surface area contributed by atoms with E-state index in [2.05, 4.69) is 9.97 Å². The first-order valence-electron chi connectivity index (χ1n) is 6.31. The molecule has 0 aliphatic rings. The SMILES string of the molecule is COc1ccc(-c2cc3nccc(C=O)c3[nH]2)c(C)c1. The van der Waals surface area contributed by atoms with Crippen LogP contribution in [-0.2, 0) is 0 Å². The predicted molar refractivity (Wildman–Crippen MR) is 78.2 cm³/mol. The molecule has 0 aliphatic heterocycles. The first-order valence-corrected chi connectivity index (χ1v) is 6.31. The number of aryl methyl sites for hydroxylation is 1. The largest absolute Gasteiger partial charge is 0.497 e. The summed E-state index contributed by atoms with van der Waals surface area (Å²) in [4.78, 5) is 18.6. The van der Waals surface area contributed by atoms with Crippen molar-refractivity contribution in [3.8, 4) is 17.0 Å². The predicted octanol–water partition coefficient (Wildman–Crippen LogP) is 3.36. The molecule has 1 N–H and O–H groups in total. The highest BCUT2D eigenvalue weighted by molar-refractivity contribution is 5.96. The van der Waals surface area contributed by atoms with E-state index < -0.39 is 0 Å². The van der Waals surface area contributed by atoms with E-state index in [0.717, 1.165) is 39.9 Å². The van der Waals surface area contributed by atoms with Gasteiger partial charge in [0.05, 0.1) is 18.1 Å². The Hall–Kier alpha value is -2.62. The van der Waals surface area contributed by atoms with Crippen molar-refractivity contribution in [2.75, 3.05) is 7.11 Å². The molecule has 3 aromatic rings. The van der Waals surface area contributed by atoms with E-state index in [4.69, 9.17) is 4.74 Å². The molecule has 0 radical (unpaired) electrons. The number of rotatable bonds is 3. The maximum atomic E-state index is 11.1. The Morgan fingerprint density at radius 3 is 2.80 bits per heavy atom. The van der Waals surface area contributed by atoms with Gasteiger partial charge in [-0.1, -0.05) is 0 Å². The summed E-state index contributed by atoms with van der Waals surface area (Å²) < 4.78 is 5.21. The Labute approximate surface area is 116 Å². The Balaban J connectivity index is 2.17. The van der Waals surface area contributed by atoms with Gasteiger partial charge in [0.15, 0.2) is 6.29 Å². The molecule has 0 spiro atoms. The Bertz CT molecular complexity index is 790. The third kappa shape index (κ3) is 1.95. The van der Waals surface area contributed by atoms with Gasteiger partial charge >= 0.3 is 0 Å². The summed E-state index contributed by atoms with van der Waals surface area (Å²) in [5, 5.41) is 0. The highest BCUT2D eigenvalue weighted by Crippen LogP contribution is 2.29. The number of benzene rings is 1. The zero-order valence-electron chi connectivity index (χ0n) is 11.3. The summed E-state index contributed by atoms with van der Waals surface area (Å²) in [7, 11) is 1.65. The summed E-state index contributed by atoms with van der Waals surface area (Å²) in [5.41, 5.74) is 5.30. The van der Waals surface area contributed by atoms with Crippen LogP contribution in [0.2, 0.25) is 0 Å². The van der Waals surface area contributed by atoms with Crippen molar-refractivity contribution in [2.24, 2.45) is 0 Å². The van der Waals surface area contributed by atoms with Crippen LogP contribution in [0.25, 0.3) is 22.3 Å². The van der Waals surface area contributed by atoms with Crippen LogP contribution in [0.3, 0.4) is 0 Å². The molecule has 100 valence electrons. The number of carbonyl (C=O) groups excluding carboxylic acids is 1. The van der Waals surface area contributed by atoms with Crippen LogP contribution >= 0.6 is 0 Å². The molecule has 4 heteroatoms. The van der Waals surface area contributed by atoms with Gasteiger partial charge in [0.2, 0.25) is 0 Å².